The third-order valence-corrected chi connectivity index (χ3v) is 7.58. The van der Waals surface area contributed by atoms with Crippen LogP contribution in [0.25, 0.3) is 0 Å². The van der Waals surface area contributed by atoms with Gasteiger partial charge in [-0.3, -0.25) is 24.6 Å². The maximum Gasteiger partial charge on any atom is 0.274 e. The number of hydrogen-bond acceptors (Lipinski definition) is 9. The topological polar surface area (TPSA) is 129 Å². The molecule has 0 aromatic heterocycles. The van der Waals surface area contributed by atoms with E-state index in [0.717, 1.165) is 23.6 Å². The summed E-state index contributed by atoms with van der Waals surface area (Å²) in [5.74, 6) is -1.93. The Morgan fingerprint density at radius 3 is 2.62 bits per heavy atom. The summed E-state index contributed by atoms with van der Waals surface area (Å²) < 4.78 is 26.6. The summed E-state index contributed by atoms with van der Waals surface area (Å²) in [6.07, 6.45) is 0.311. The molecule has 2 fully saturated rings. The zero-order valence-corrected chi connectivity index (χ0v) is 23.1. The normalized spacial score (nSPS) is 25.4. The second-order valence-electron chi connectivity index (χ2n) is 10.8. The minimum Gasteiger partial charge on any atom is -0.488 e. The number of amides is 2. The van der Waals surface area contributed by atoms with E-state index in [1.54, 1.807) is 18.2 Å². The number of halogens is 1. The second kappa shape index (κ2) is 11.8. The first-order valence-electron chi connectivity index (χ1n) is 13.2. The Labute approximate surface area is 233 Å². The van der Waals surface area contributed by atoms with E-state index in [0.29, 0.717) is 12.8 Å². The van der Waals surface area contributed by atoms with E-state index in [1.165, 1.54) is 33.1 Å². The quantitative estimate of drug-likeness (QED) is 0.177. The molecule has 2 aliphatic heterocycles. The Balaban J connectivity index is 1.59. The number of aldehydes is 1. The Kier molecular flexibility index (Phi) is 8.76. The predicted molar refractivity (Wildman–Crippen MR) is 145 cm³/mol. The molecule has 4 rings (SSSR count). The van der Waals surface area contributed by atoms with Crippen molar-refractivity contribution in [2.24, 2.45) is 0 Å². The molecular formula is C28H35BFN3O7. The summed E-state index contributed by atoms with van der Waals surface area (Å²) in [7, 11) is 2.60. The molecular weight excluding hydrogens is 520 g/mol. The van der Waals surface area contributed by atoms with E-state index in [2.05, 4.69) is 10.2 Å². The maximum absolute atomic E-state index is 14.8. The summed E-state index contributed by atoms with van der Waals surface area (Å²) >= 11 is 0. The molecule has 4 unspecified atom stereocenters. The lowest BCUT2D eigenvalue weighted by Crippen LogP contribution is -2.67. The van der Waals surface area contributed by atoms with Gasteiger partial charge in [0.25, 0.3) is 5.91 Å². The Morgan fingerprint density at radius 2 is 1.98 bits per heavy atom. The minimum atomic E-state index is -2.24. The van der Waals surface area contributed by atoms with Crippen LogP contribution < -0.4 is 10.1 Å². The van der Waals surface area contributed by atoms with Crippen LogP contribution in [-0.4, -0.2) is 84.0 Å². The molecule has 2 aliphatic rings. The number of benzene rings is 2. The predicted octanol–water partition coefficient (Wildman–Crippen LogP) is 0.619. The van der Waals surface area contributed by atoms with Gasteiger partial charge in [-0.15, -0.1) is 0 Å². The number of likely N-dealkylation sites (N-methyl/N-ethyl adjacent to an activating group) is 1. The highest BCUT2D eigenvalue weighted by Gasteiger charge is 2.51. The van der Waals surface area contributed by atoms with E-state index in [9.17, 15) is 29.0 Å². The van der Waals surface area contributed by atoms with Crippen molar-refractivity contribution in [1.29, 1.82) is 0 Å². The van der Waals surface area contributed by atoms with E-state index >= 15 is 0 Å². The monoisotopic (exact) mass is 555 g/mol. The fourth-order valence-electron chi connectivity index (χ4n) is 5.48. The van der Waals surface area contributed by atoms with Gasteiger partial charge in [-0.1, -0.05) is 18.2 Å². The number of imide groups is 1. The number of carbonyl (C=O) groups excluding carboxylic acids is 3. The second-order valence-corrected chi connectivity index (χ2v) is 10.8. The van der Waals surface area contributed by atoms with E-state index in [-0.39, 0.29) is 54.1 Å². The summed E-state index contributed by atoms with van der Waals surface area (Å²) in [5.41, 5.74) is -3.13. The third-order valence-electron chi connectivity index (χ3n) is 7.58. The van der Waals surface area contributed by atoms with Crippen LogP contribution >= 0.6 is 0 Å². The van der Waals surface area contributed by atoms with Gasteiger partial charge in [0.2, 0.25) is 11.6 Å². The lowest BCUT2D eigenvalue weighted by atomic mass is 9.77. The molecule has 40 heavy (non-hydrogen) atoms. The van der Waals surface area contributed by atoms with Crippen LogP contribution in [-0.2, 0) is 33.1 Å². The maximum atomic E-state index is 14.8. The van der Waals surface area contributed by atoms with Crippen molar-refractivity contribution in [1.82, 2.24) is 15.1 Å². The van der Waals surface area contributed by atoms with Crippen molar-refractivity contribution in [2.75, 3.05) is 20.1 Å². The van der Waals surface area contributed by atoms with Crippen LogP contribution in [0, 0.1) is 5.82 Å². The number of nitrogens with one attached hydrogen (secondary N) is 1. The molecule has 2 heterocycles. The Hall–Kier alpha value is -3.16. The summed E-state index contributed by atoms with van der Waals surface area (Å²) in [5, 5.41) is 24.8. The fourth-order valence-corrected chi connectivity index (χ4v) is 5.48. The van der Waals surface area contributed by atoms with E-state index in [1.807, 2.05) is 13.8 Å². The number of hydrogen-bond donors (Lipinski definition) is 3. The minimum absolute atomic E-state index is 0.0153. The standard InChI is InChI=1S/C28H35BFN3O7/c1-17-12-33(13-18(2)40-17)14-19-7-8-22(30)21(11-19)16-39-23-6-4-5-20(15-34)25(23)28(29,38)32(3)27(37)10-9-24(35)31-26(27)36/h4-8,11,15,17-18,37-38H,9-10,12-14,16,29H2,1-3H3,(H,31,35,36). The highest BCUT2D eigenvalue weighted by Crippen LogP contribution is 2.38. The summed E-state index contributed by atoms with van der Waals surface area (Å²) in [6.45, 7) is 5.96. The number of aliphatic hydroxyl groups is 2. The van der Waals surface area contributed by atoms with Crippen molar-refractivity contribution in [2.45, 2.75) is 63.4 Å². The number of morpholine rings is 1. The molecule has 0 aliphatic carbocycles. The zero-order chi connectivity index (χ0) is 29.2. The molecule has 12 heteroatoms. The summed E-state index contributed by atoms with van der Waals surface area (Å²) in [4.78, 5) is 39.4. The molecule has 2 aromatic rings. The van der Waals surface area contributed by atoms with E-state index < -0.39 is 29.0 Å². The van der Waals surface area contributed by atoms with Gasteiger partial charge in [-0.2, -0.15) is 0 Å². The highest BCUT2D eigenvalue weighted by atomic mass is 19.1. The molecule has 2 amide bonds. The molecule has 0 saturated carbocycles. The van der Waals surface area contributed by atoms with Crippen molar-refractivity contribution in [3.05, 3.63) is 64.5 Å². The Bertz CT molecular complexity index is 1280. The average molecular weight is 555 g/mol. The van der Waals surface area contributed by atoms with Crippen molar-refractivity contribution in [3.63, 3.8) is 0 Å². The molecule has 0 bridgehead atoms. The molecule has 0 spiro atoms. The van der Waals surface area contributed by atoms with Gasteiger partial charge in [-0.05, 0) is 44.7 Å². The lowest BCUT2D eigenvalue weighted by Gasteiger charge is -2.46. The van der Waals surface area contributed by atoms with Crippen LogP contribution in [0.5, 0.6) is 5.75 Å². The van der Waals surface area contributed by atoms with E-state index in [4.69, 9.17) is 9.47 Å². The molecule has 3 N–H and O–H groups in total. The van der Waals surface area contributed by atoms with Crippen LogP contribution in [0.1, 0.15) is 53.7 Å². The lowest BCUT2D eigenvalue weighted by molar-refractivity contribution is -0.204. The highest BCUT2D eigenvalue weighted by molar-refractivity contribution is 6.15. The van der Waals surface area contributed by atoms with Crippen molar-refractivity contribution < 1.29 is 38.5 Å². The van der Waals surface area contributed by atoms with Gasteiger partial charge in [0.15, 0.2) is 14.1 Å². The first kappa shape index (κ1) is 29.8. The number of piperidine rings is 1. The number of nitrogens with zero attached hydrogens (tertiary/aromatic N) is 2. The zero-order valence-electron chi connectivity index (χ0n) is 23.1. The third kappa shape index (κ3) is 6.11. The first-order chi connectivity index (χ1) is 18.8. The van der Waals surface area contributed by atoms with Gasteiger partial charge in [0.05, 0.1) is 12.2 Å². The molecule has 10 nitrogen and oxygen atoms in total. The smallest absolute Gasteiger partial charge is 0.274 e. The first-order valence-corrected chi connectivity index (χ1v) is 13.2. The number of carbonyl (C=O) groups is 3. The number of rotatable bonds is 9. The largest absolute Gasteiger partial charge is 0.488 e. The summed E-state index contributed by atoms with van der Waals surface area (Å²) in [6, 6.07) is 9.34. The SMILES string of the molecule is BC(O)(c1c(C=O)cccc1OCc1cc(CN2CC(C)OC(C)C2)ccc1F)N(C)C1(O)CCC(=O)NC1=O. The fraction of sp³-hybridized carbons (Fsp3) is 0.464. The van der Waals surface area contributed by atoms with Crippen LogP contribution in [0.2, 0.25) is 0 Å². The van der Waals surface area contributed by atoms with Gasteiger partial charge in [0, 0.05) is 49.2 Å². The molecule has 2 aromatic carbocycles. The van der Waals surface area contributed by atoms with Crippen molar-refractivity contribution in [3.8, 4) is 5.75 Å². The van der Waals surface area contributed by atoms with Crippen LogP contribution in [0.4, 0.5) is 4.39 Å². The van der Waals surface area contributed by atoms with Crippen LogP contribution in [0.3, 0.4) is 0 Å². The number of ether oxygens (including phenoxy) is 2. The average Bonchev–Trinajstić information content (AvgIpc) is 2.90. The molecule has 0 radical (unpaired) electrons. The molecule has 4 atom stereocenters. The van der Waals surface area contributed by atoms with Crippen LogP contribution in [0.15, 0.2) is 36.4 Å². The molecule has 2 saturated heterocycles. The van der Waals surface area contributed by atoms with Gasteiger partial charge >= 0.3 is 0 Å². The van der Waals surface area contributed by atoms with Crippen molar-refractivity contribution >= 4 is 25.9 Å². The van der Waals surface area contributed by atoms with Gasteiger partial charge in [-0.25, -0.2) is 9.29 Å². The Morgan fingerprint density at radius 1 is 1.27 bits per heavy atom. The van der Waals surface area contributed by atoms with Gasteiger partial charge < -0.3 is 19.7 Å². The molecule has 214 valence electrons. The van der Waals surface area contributed by atoms with Gasteiger partial charge in [0.1, 0.15) is 23.8 Å².